The van der Waals surface area contributed by atoms with Gasteiger partial charge in [0.15, 0.2) is 0 Å². The van der Waals surface area contributed by atoms with Crippen molar-refractivity contribution in [3.8, 4) is 5.75 Å². The minimum absolute atomic E-state index is 0.0325. The minimum Gasteiger partial charge on any atom is -0.492 e. The van der Waals surface area contributed by atoms with E-state index in [2.05, 4.69) is 10.6 Å². The summed E-state index contributed by atoms with van der Waals surface area (Å²) in [5.41, 5.74) is 0. The van der Waals surface area contributed by atoms with Gasteiger partial charge in [0, 0.05) is 6.04 Å². The van der Waals surface area contributed by atoms with Gasteiger partial charge in [0.1, 0.15) is 12.4 Å². The summed E-state index contributed by atoms with van der Waals surface area (Å²) in [4.78, 5) is 12.1. The van der Waals surface area contributed by atoms with Crippen molar-refractivity contribution in [1.82, 2.24) is 10.6 Å². The molecule has 20 heavy (non-hydrogen) atoms. The van der Waals surface area contributed by atoms with Crippen molar-refractivity contribution >= 4 is 5.91 Å². The lowest BCUT2D eigenvalue weighted by Gasteiger charge is -2.17. The van der Waals surface area contributed by atoms with E-state index in [-0.39, 0.29) is 17.9 Å². The lowest BCUT2D eigenvalue weighted by Crippen LogP contribution is -2.44. The van der Waals surface area contributed by atoms with Crippen LogP contribution in [-0.4, -0.2) is 44.9 Å². The van der Waals surface area contributed by atoms with Crippen LogP contribution < -0.4 is 15.4 Å². The first-order chi connectivity index (χ1) is 9.81. The molecule has 0 aliphatic carbocycles. The van der Waals surface area contributed by atoms with Crippen molar-refractivity contribution in [1.29, 1.82) is 0 Å². The van der Waals surface area contributed by atoms with Crippen LogP contribution >= 0.6 is 0 Å². The highest BCUT2D eigenvalue weighted by molar-refractivity contribution is 5.79. The molecule has 2 N–H and O–H groups in total. The molecular weight excluding hydrogens is 256 g/mol. The molecule has 5 nitrogen and oxygen atoms in total. The van der Waals surface area contributed by atoms with Crippen LogP contribution in [0.25, 0.3) is 0 Å². The molecule has 1 aliphatic heterocycles. The first kappa shape index (κ1) is 14.8. The summed E-state index contributed by atoms with van der Waals surface area (Å²) in [5.74, 6) is 0.744. The summed E-state index contributed by atoms with van der Waals surface area (Å²) in [5, 5.41) is 6.17. The predicted octanol–water partition coefficient (Wildman–Crippen LogP) is 0.806. The molecule has 2 atom stereocenters. The molecule has 0 saturated carbocycles. The number of amides is 1. The predicted molar refractivity (Wildman–Crippen MR) is 76.7 cm³/mol. The van der Waals surface area contributed by atoms with Crippen LogP contribution in [0.5, 0.6) is 5.75 Å². The molecule has 1 aromatic rings. The molecule has 110 valence electrons. The Morgan fingerprint density at radius 3 is 2.90 bits per heavy atom. The van der Waals surface area contributed by atoms with Crippen LogP contribution in [0, 0.1) is 5.92 Å². The maximum absolute atomic E-state index is 12.1. The van der Waals surface area contributed by atoms with E-state index in [1.807, 2.05) is 37.3 Å². The summed E-state index contributed by atoms with van der Waals surface area (Å²) in [7, 11) is 0. The summed E-state index contributed by atoms with van der Waals surface area (Å²) in [6, 6.07) is 9.70. The van der Waals surface area contributed by atoms with Gasteiger partial charge in [0.2, 0.25) is 5.91 Å². The fraction of sp³-hybridized carbons (Fsp3) is 0.533. The van der Waals surface area contributed by atoms with E-state index in [0.717, 1.165) is 12.3 Å². The summed E-state index contributed by atoms with van der Waals surface area (Å²) >= 11 is 0. The highest BCUT2D eigenvalue weighted by atomic mass is 16.5. The van der Waals surface area contributed by atoms with Gasteiger partial charge >= 0.3 is 0 Å². The molecule has 2 unspecified atom stereocenters. The van der Waals surface area contributed by atoms with Gasteiger partial charge in [-0.05, 0) is 18.7 Å². The van der Waals surface area contributed by atoms with Crippen molar-refractivity contribution in [3.05, 3.63) is 30.3 Å². The highest BCUT2D eigenvalue weighted by Gasteiger charge is 2.33. The van der Waals surface area contributed by atoms with Gasteiger partial charge < -0.3 is 20.1 Å². The van der Waals surface area contributed by atoms with Crippen molar-refractivity contribution in [3.63, 3.8) is 0 Å². The minimum atomic E-state index is -0.105. The second-order valence-electron chi connectivity index (χ2n) is 4.76. The van der Waals surface area contributed by atoms with Crippen molar-refractivity contribution < 1.29 is 14.3 Å². The number of para-hydroxylation sites is 1. The van der Waals surface area contributed by atoms with E-state index in [1.165, 1.54) is 0 Å². The topological polar surface area (TPSA) is 59.6 Å². The molecule has 0 spiro atoms. The largest absolute Gasteiger partial charge is 0.492 e. The molecule has 1 amide bonds. The molecule has 0 radical (unpaired) electrons. The lowest BCUT2D eigenvalue weighted by atomic mass is 10.0. The Morgan fingerprint density at radius 1 is 1.35 bits per heavy atom. The summed E-state index contributed by atoms with van der Waals surface area (Å²) in [6.07, 6.45) is 0. The fourth-order valence-corrected chi connectivity index (χ4v) is 2.27. The van der Waals surface area contributed by atoms with E-state index >= 15 is 0 Å². The number of likely N-dealkylation sites (N-methyl/N-ethyl adjacent to an activating group) is 1. The van der Waals surface area contributed by atoms with Crippen molar-refractivity contribution in [2.24, 2.45) is 5.92 Å². The Balaban J connectivity index is 1.67. The molecule has 0 bridgehead atoms. The lowest BCUT2D eigenvalue weighted by molar-refractivity contribution is -0.125. The third kappa shape index (κ3) is 4.21. The number of nitrogens with one attached hydrogen (secondary N) is 2. The smallest absolute Gasteiger partial charge is 0.227 e. The van der Waals surface area contributed by atoms with Gasteiger partial charge in [0.05, 0.1) is 25.7 Å². The third-order valence-electron chi connectivity index (χ3n) is 3.30. The van der Waals surface area contributed by atoms with Crippen LogP contribution in [0.1, 0.15) is 6.92 Å². The third-order valence-corrected chi connectivity index (χ3v) is 3.30. The zero-order chi connectivity index (χ0) is 14.2. The molecule has 5 heteroatoms. The van der Waals surface area contributed by atoms with Crippen LogP contribution in [0.15, 0.2) is 30.3 Å². The Kier molecular flexibility index (Phi) is 5.83. The first-order valence-corrected chi connectivity index (χ1v) is 7.08. The van der Waals surface area contributed by atoms with E-state index in [0.29, 0.717) is 26.4 Å². The van der Waals surface area contributed by atoms with E-state index in [4.69, 9.17) is 9.47 Å². The molecule has 0 aromatic heterocycles. The fourth-order valence-electron chi connectivity index (χ4n) is 2.27. The SMILES string of the molecule is CCNC1COCC1C(=O)NCCOc1ccccc1. The monoisotopic (exact) mass is 278 g/mol. The number of benzene rings is 1. The average molecular weight is 278 g/mol. The van der Waals surface area contributed by atoms with Crippen LogP contribution in [-0.2, 0) is 9.53 Å². The second-order valence-corrected chi connectivity index (χ2v) is 4.76. The molecule has 2 rings (SSSR count). The van der Waals surface area contributed by atoms with Crippen molar-refractivity contribution in [2.45, 2.75) is 13.0 Å². The average Bonchev–Trinajstić information content (AvgIpc) is 2.93. The maximum Gasteiger partial charge on any atom is 0.227 e. The molecule has 1 aliphatic rings. The number of ether oxygens (including phenoxy) is 2. The Labute approximate surface area is 119 Å². The van der Waals surface area contributed by atoms with Crippen LogP contribution in [0.2, 0.25) is 0 Å². The number of hydrogen-bond donors (Lipinski definition) is 2. The van der Waals surface area contributed by atoms with Gasteiger partial charge in [-0.15, -0.1) is 0 Å². The first-order valence-electron chi connectivity index (χ1n) is 7.08. The van der Waals surface area contributed by atoms with E-state index in [1.54, 1.807) is 0 Å². The van der Waals surface area contributed by atoms with Gasteiger partial charge in [-0.25, -0.2) is 0 Å². The Hall–Kier alpha value is -1.59. The molecule has 1 aromatic carbocycles. The number of rotatable bonds is 7. The zero-order valence-electron chi connectivity index (χ0n) is 11.8. The highest BCUT2D eigenvalue weighted by Crippen LogP contribution is 2.13. The maximum atomic E-state index is 12.1. The second kappa shape index (κ2) is 7.87. The number of carbonyl (C=O) groups is 1. The normalized spacial score (nSPS) is 21.6. The van der Waals surface area contributed by atoms with Gasteiger partial charge in [0.25, 0.3) is 0 Å². The van der Waals surface area contributed by atoms with E-state index in [9.17, 15) is 4.79 Å². The van der Waals surface area contributed by atoms with Crippen molar-refractivity contribution in [2.75, 3.05) is 32.9 Å². The summed E-state index contributed by atoms with van der Waals surface area (Å²) < 4.78 is 10.9. The molecule has 1 saturated heterocycles. The van der Waals surface area contributed by atoms with Crippen LogP contribution in [0.4, 0.5) is 0 Å². The Bertz CT molecular complexity index is 411. The number of hydrogen-bond acceptors (Lipinski definition) is 4. The molecular formula is C15H22N2O3. The molecule has 1 fully saturated rings. The van der Waals surface area contributed by atoms with E-state index < -0.39 is 0 Å². The summed E-state index contributed by atoms with van der Waals surface area (Å²) in [6.45, 7) is 4.93. The van der Waals surface area contributed by atoms with Gasteiger partial charge in [-0.1, -0.05) is 25.1 Å². The van der Waals surface area contributed by atoms with Gasteiger partial charge in [-0.2, -0.15) is 0 Å². The molecule has 1 heterocycles. The Morgan fingerprint density at radius 2 is 2.15 bits per heavy atom. The number of carbonyl (C=O) groups excluding carboxylic acids is 1. The standard InChI is InChI=1S/C15H22N2O3/c1-2-16-14-11-19-10-13(14)15(18)17-8-9-20-12-6-4-3-5-7-12/h3-7,13-14,16H,2,8-11H2,1H3,(H,17,18). The zero-order valence-corrected chi connectivity index (χ0v) is 11.8. The van der Waals surface area contributed by atoms with Crippen LogP contribution in [0.3, 0.4) is 0 Å². The quantitative estimate of drug-likeness (QED) is 0.725. The van der Waals surface area contributed by atoms with Gasteiger partial charge in [-0.3, -0.25) is 4.79 Å².